The zero-order valence-corrected chi connectivity index (χ0v) is 42.5. The number of hydrogen-bond acceptors (Lipinski definition) is 11. The van der Waals surface area contributed by atoms with E-state index in [0.29, 0.717) is 55.7 Å². The standard InChI is InChI=1S/C57H72N4O10S/c1-60(50(62)26-28-72-49-31-51(63)61(53(49)65)37-40-18-22-43(23-19-40)52(64)58-36-39-13-11-14-39)55-32-42-29-44(33-55)57(45(30-42)34-55)69-56(70-71-57)27-12-17-48(35-56)68-54(66)59-46-24-20-41(21-25-46)38-67-47-15-9-7-5-3-2-4-6-8-10-16-47/h2-10,15-16,20-21,24-25,39-40,42-45,48-49H,11-14,17-19,22-23,26-38H2,1H3,(H,58,64)(H,59,66)/b3-2-,4-2?,5-3?,6-4-,7-5-,8-6?,9-7?,10-8-,15-9?,16-10?,47-15?,47-16?/t40?,42?,43?,44?,45?,48?,49?,55?,56-,57?/m1/s1. The summed E-state index contributed by atoms with van der Waals surface area (Å²) in [6.07, 6.45) is 34.6. The predicted molar refractivity (Wildman–Crippen MR) is 273 cm³/mol. The van der Waals surface area contributed by atoms with E-state index in [0.717, 1.165) is 82.1 Å². The van der Waals surface area contributed by atoms with Crippen molar-refractivity contribution >= 4 is 47.2 Å². The minimum absolute atomic E-state index is 0.0221. The minimum Gasteiger partial charge on any atom is -0.489 e. The molecule has 2 saturated heterocycles. The van der Waals surface area contributed by atoms with Gasteiger partial charge in [0.25, 0.3) is 0 Å². The first-order valence-corrected chi connectivity index (χ1v) is 27.8. The van der Waals surface area contributed by atoms with Crippen LogP contribution in [-0.2, 0) is 49.8 Å². The van der Waals surface area contributed by atoms with Gasteiger partial charge in [0.15, 0.2) is 0 Å². The summed E-state index contributed by atoms with van der Waals surface area (Å²) in [5.41, 5.74) is 1.25. The monoisotopic (exact) mass is 1000 g/mol. The Morgan fingerprint density at radius 2 is 1.54 bits per heavy atom. The van der Waals surface area contributed by atoms with Crippen molar-refractivity contribution in [2.45, 2.75) is 151 Å². The fraction of sp³-hybridized carbons (Fsp3) is 0.596. The number of ether oxygens (including phenoxy) is 3. The maximum absolute atomic E-state index is 14.0. The molecule has 0 radical (unpaired) electrons. The number of rotatable bonds is 15. The molecule has 2 aliphatic heterocycles. The summed E-state index contributed by atoms with van der Waals surface area (Å²) in [6, 6.07) is 7.50. The smallest absolute Gasteiger partial charge is 0.411 e. The van der Waals surface area contributed by atoms with E-state index in [1.54, 1.807) is 0 Å². The van der Waals surface area contributed by atoms with E-state index in [1.165, 1.54) is 35.9 Å². The number of anilines is 1. The maximum Gasteiger partial charge on any atom is 0.411 e. The topological polar surface area (TPSA) is 162 Å². The maximum atomic E-state index is 14.0. The molecule has 5 amide bonds. The van der Waals surface area contributed by atoms with Crippen molar-refractivity contribution in [1.82, 2.24) is 15.1 Å². The molecule has 7 saturated carbocycles. The summed E-state index contributed by atoms with van der Waals surface area (Å²) in [6.45, 7) is 1.57. The Kier molecular flexibility index (Phi) is 15.6. The van der Waals surface area contributed by atoms with E-state index in [2.05, 4.69) is 10.6 Å². The molecule has 386 valence electrons. The van der Waals surface area contributed by atoms with Gasteiger partial charge in [-0.2, -0.15) is 9.78 Å². The summed E-state index contributed by atoms with van der Waals surface area (Å²) >= 11 is 1.43. The van der Waals surface area contributed by atoms with E-state index in [-0.39, 0.29) is 65.7 Å². The van der Waals surface area contributed by atoms with E-state index in [4.69, 9.17) is 24.0 Å². The van der Waals surface area contributed by atoms with Gasteiger partial charge in [-0.3, -0.25) is 29.4 Å². The fourth-order valence-electron chi connectivity index (χ4n) is 13.2. The Balaban J connectivity index is 0.662. The van der Waals surface area contributed by atoms with Gasteiger partial charge in [0, 0.05) is 80.6 Å². The molecule has 0 aromatic heterocycles. The van der Waals surface area contributed by atoms with Gasteiger partial charge in [-0.15, -0.1) is 11.8 Å². The van der Waals surface area contributed by atoms with Gasteiger partial charge in [0.1, 0.15) is 18.5 Å². The van der Waals surface area contributed by atoms with Gasteiger partial charge < -0.3 is 24.4 Å². The molecule has 4 unspecified atom stereocenters. The zero-order chi connectivity index (χ0) is 49.7. The van der Waals surface area contributed by atoms with Crippen LogP contribution in [0.1, 0.15) is 121 Å². The lowest BCUT2D eigenvalue weighted by Gasteiger charge is -2.64. The van der Waals surface area contributed by atoms with Gasteiger partial charge in [-0.05, 0) is 131 Å². The molecule has 2 spiro atoms. The Labute approximate surface area is 428 Å². The van der Waals surface area contributed by atoms with Crippen LogP contribution in [0.3, 0.4) is 0 Å². The largest absolute Gasteiger partial charge is 0.489 e. The van der Waals surface area contributed by atoms with Gasteiger partial charge in [0.2, 0.25) is 35.2 Å². The molecule has 9 fully saturated rings. The van der Waals surface area contributed by atoms with Crippen molar-refractivity contribution in [3.63, 3.8) is 0 Å². The van der Waals surface area contributed by atoms with Crippen molar-refractivity contribution in [3.8, 4) is 0 Å². The Morgan fingerprint density at radius 1 is 0.819 bits per heavy atom. The number of likely N-dealkylation sites (tertiary alicyclic amines) is 1. The highest BCUT2D eigenvalue weighted by Crippen LogP contribution is 2.66. The van der Waals surface area contributed by atoms with Crippen LogP contribution >= 0.6 is 11.8 Å². The molecule has 11 rings (SSSR count). The van der Waals surface area contributed by atoms with Crippen molar-refractivity contribution < 1.29 is 48.0 Å². The molecular formula is C57H72N4O10S. The van der Waals surface area contributed by atoms with E-state index >= 15 is 0 Å². The van der Waals surface area contributed by atoms with Crippen LogP contribution in [0.15, 0.2) is 96.9 Å². The van der Waals surface area contributed by atoms with Crippen LogP contribution in [0.4, 0.5) is 10.5 Å². The van der Waals surface area contributed by atoms with Crippen LogP contribution in [-0.4, -0.2) is 93.9 Å². The second-order valence-corrected chi connectivity index (χ2v) is 23.4. The summed E-state index contributed by atoms with van der Waals surface area (Å²) in [5, 5.41) is 5.56. The SMILES string of the molecule is CN(C(=O)CCSC1CC(=O)N(CC2CCC(C(=O)NCC3CCC3)CC2)C1=O)C12CC3CC(C1)C1(OO[C@@]4(CCCC(OC(=O)Nc5ccc(COC6=C\C=C/C=C\C=C/C=C\C=C6)cc5)C4)O1)C(C3)C2. The number of amides is 5. The highest BCUT2D eigenvalue weighted by molar-refractivity contribution is 8.00. The molecule has 8 aliphatic carbocycles. The van der Waals surface area contributed by atoms with Gasteiger partial charge in [-0.25, -0.2) is 4.79 Å². The quantitative estimate of drug-likeness (QED) is 0.127. The van der Waals surface area contributed by atoms with E-state index in [1.807, 2.05) is 103 Å². The Hall–Kier alpha value is -4.96. The van der Waals surface area contributed by atoms with Crippen molar-refractivity contribution in [3.05, 3.63) is 102 Å². The number of benzene rings is 1. The first-order valence-electron chi connectivity index (χ1n) is 26.8. The Morgan fingerprint density at radius 3 is 2.26 bits per heavy atom. The molecule has 4 bridgehead atoms. The summed E-state index contributed by atoms with van der Waals surface area (Å²) in [7, 11) is 1.93. The van der Waals surface area contributed by atoms with Crippen molar-refractivity contribution in [2.75, 3.05) is 31.2 Å². The van der Waals surface area contributed by atoms with E-state index < -0.39 is 29.0 Å². The lowest BCUT2D eigenvalue weighted by Crippen LogP contribution is -2.69. The van der Waals surface area contributed by atoms with Crippen LogP contribution in [0.5, 0.6) is 0 Å². The normalized spacial score (nSPS) is 35.7. The third-order valence-electron chi connectivity index (χ3n) is 17.2. The average Bonchev–Trinajstić information content (AvgIpc) is 3.84. The summed E-state index contributed by atoms with van der Waals surface area (Å²) in [4.78, 5) is 82.6. The highest BCUT2D eigenvalue weighted by atomic mass is 32.2. The molecule has 2 N–H and O–H groups in total. The predicted octanol–water partition coefficient (Wildman–Crippen LogP) is 9.75. The first-order chi connectivity index (χ1) is 35.0. The lowest BCUT2D eigenvalue weighted by molar-refractivity contribution is -0.394. The van der Waals surface area contributed by atoms with Crippen LogP contribution in [0, 0.1) is 35.5 Å². The lowest BCUT2D eigenvalue weighted by atomic mass is 9.49. The number of carbonyl (C=O) groups excluding carboxylic acids is 5. The van der Waals surface area contributed by atoms with Crippen LogP contribution in [0.2, 0.25) is 0 Å². The zero-order valence-electron chi connectivity index (χ0n) is 41.7. The van der Waals surface area contributed by atoms with Gasteiger partial charge >= 0.3 is 6.09 Å². The molecule has 1 aromatic carbocycles. The molecule has 2 heterocycles. The van der Waals surface area contributed by atoms with Crippen molar-refractivity contribution in [2.24, 2.45) is 35.5 Å². The number of carbonyl (C=O) groups is 5. The van der Waals surface area contributed by atoms with Gasteiger partial charge in [0.05, 0.1) is 5.25 Å². The summed E-state index contributed by atoms with van der Waals surface area (Å²) < 4.78 is 19.1. The average molecular weight is 1010 g/mol. The number of imide groups is 1. The molecule has 5 atom stereocenters. The molecule has 1 aromatic rings. The van der Waals surface area contributed by atoms with E-state index in [9.17, 15) is 24.0 Å². The third-order valence-corrected chi connectivity index (χ3v) is 18.5. The molecule has 72 heavy (non-hydrogen) atoms. The molecular weight excluding hydrogens is 933 g/mol. The number of thioether (sulfide) groups is 1. The second-order valence-electron chi connectivity index (χ2n) is 22.0. The highest BCUT2D eigenvalue weighted by Gasteiger charge is 2.71. The third kappa shape index (κ3) is 11.4. The number of nitrogens with zero attached hydrogens (tertiary/aromatic N) is 2. The minimum atomic E-state index is -1.02. The number of allylic oxidation sites excluding steroid dienone is 11. The van der Waals surface area contributed by atoms with Crippen LogP contribution in [0.25, 0.3) is 0 Å². The first kappa shape index (κ1) is 50.6. The second kappa shape index (κ2) is 22.3. The van der Waals surface area contributed by atoms with Crippen molar-refractivity contribution in [1.29, 1.82) is 0 Å². The van der Waals surface area contributed by atoms with Crippen LogP contribution < -0.4 is 10.6 Å². The Bertz CT molecular complexity index is 2350. The number of hydrogen-bond donors (Lipinski definition) is 2. The number of nitrogens with one attached hydrogen (secondary N) is 2. The summed E-state index contributed by atoms with van der Waals surface area (Å²) in [5.74, 6) is 0.595. The van der Waals surface area contributed by atoms with Gasteiger partial charge in [-0.1, -0.05) is 73.2 Å². The fourth-order valence-corrected chi connectivity index (χ4v) is 14.3. The molecule has 14 nitrogen and oxygen atoms in total. The molecule has 10 aliphatic rings. The molecule has 15 heteroatoms.